The molecule has 2 fully saturated rings. The number of hydrogen-bond donors (Lipinski definition) is 0. The van der Waals surface area contributed by atoms with Gasteiger partial charge in [-0.2, -0.15) is 4.31 Å². The number of piperazine rings is 1. The molecular formula is C22H26F2N4O5S. The summed E-state index contributed by atoms with van der Waals surface area (Å²) >= 11 is 0. The van der Waals surface area contributed by atoms with Crippen LogP contribution in [0, 0.1) is 21.7 Å². The summed E-state index contributed by atoms with van der Waals surface area (Å²) in [6, 6.07) is 7.21. The minimum Gasteiger partial charge on any atom is -0.379 e. The Morgan fingerprint density at radius 2 is 1.68 bits per heavy atom. The molecule has 2 aromatic carbocycles. The number of benzene rings is 2. The molecule has 0 saturated carbocycles. The minimum absolute atomic E-state index is 0.121. The van der Waals surface area contributed by atoms with Gasteiger partial charge in [0, 0.05) is 63.0 Å². The second kappa shape index (κ2) is 9.90. The van der Waals surface area contributed by atoms with Gasteiger partial charge in [0.15, 0.2) is 0 Å². The summed E-state index contributed by atoms with van der Waals surface area (Å²) in [5, 5.41) is 11.8. The van der Waals surface area contributed by atoms with Crippen LogP contribution in [0.25, 0.3) is 0 Å². The number of nitro benzene ring substituents is 1. The Balaban J connectivity index is 1.51. The van der Waals surface area contributed by atoms with Crippen molar-refractivity contribution in [3.05, 3.63) is 63.7 Å². The summed E-state index contributed by atoms with van der Waals surface area (Å²) in [4.78, 5) is 15.0. The molecule has 4 rings (SSSR count). The topological polar surface area (TPSA) is 96.2 Å². The van der Waals surface area contributed by atoms with Crippen molar-refractivity contribution in [2.45, 2.75) is 17.9 Å². The summed E-state index contributed by atoms with van der Waals surface area (Å²) in [7, 11) is -3.86. The fourth-order valence-corrected chi connectivity index (χ4v) is 5.83. The Morgan fingerprint density at radius 1 is 1.00 bits per heavy atom. The van der Waals surface area contributed by atoms with E-state index in [1.54, 1.807) is 0 Å². The van der Waals surface area contributed by atoms with Crippen LogP contribution in [0.3, 0.4) is 0 Å². The molecule has 0 bridgehead atoms. The Bertz CT molecular complexity index is 1170. The van der Waals surface area contributed by atoms with Crippen LogP contribution in [0.15, 0.2) is 41.3 Å². The first-order valence-corrected chi connectivity index (χ1v) is 12.4. The number of hydrogen-bond acceptors (Lipinski definition) is 7. The van der Waals surface area contributed by atoms with Crippen LogP contribution in [-0.4, -0.2) is 75.0 Å². The maximum absolute atomic E-state index is 14.2. The number of sulfonamides is 1. The van der Waals surface area contributed by atoms with E-state index in [0.717, 1.165) is 12.1 Å². The molecule has 34 heavy (non-hydrogen) atoms. The monoisotopic (exact) mass is 496 g/mol. The van der Waals surface area contributed by atoms with E-state index < -0.39 is 26.6 Å². The van der Waals surface area contributed by atoms with Gasteiger partial charge in [0.05, 0.1) is 23.0 Å². The molecule has 0 radical (unpaired) electrons. The lowest BCUT2D eigenvalue weighted by molar-refractivity contribution is -0.384. The van der Waals surface area contributed by atoms with Gasteiger partial charge in [-0.1, -0.05) is 6.07 Å². The first-order chi connectivity index (χ1) is 16.2. The lowest BCUT2D eigenvalue weighted by Gasteiger charge is -2.39. The molecule has 2 saturated heterocycles. The second-order valence-electron chi connectivity index (χ2n) is 8.29. The molecule has 1 unspecified atom stereocenters. The van der Waals surface area contributed by atoms with E-state index in [1.807, 2.05) is 16.7 Å². The Morgan fingerprint density at radius 3 is 2.29 bits per heavy atom. The van der Waals surface area contributed by atoms with Gasteiger partial charge in [-0.15, -0.1) is 0 Å². The highest BCUT2D eigenvalue weighted by molar-refractivity contribution is 7.89. The van der Waals surface area contributed by atoms with E-state index in [2.05, 4.69) is 0 Å². The maximum atomic E-state index is 14.2. The predicted octanol–water partition coefficient (Wildman–Crippen LogP) is 2.78. The first kappa shape index (κ1) is 24.5. The van der Waals surface area contributed by atoms with Gasteiger partial charge < -0.3 is 9.64 Å². The Labute approximate surface area is 196 Å². The largest absolute Gasteiger partial charge is 0.379 e. The zero-order valence-corrected chi connectivity index (χ0v) is 19.5. The van der Waals surface area contributed by atoms with E-state index in [9.17, 15) is 27.3 Å². The third kappa shape index (κ3) is 4.90. The Kier molecular flexibility index (Phi) is 7.12. The fraction of sp³-hybridized carbons (Fsp3) is 0.455. The molecular weight excluding hydrogens is 470 g/mol. The van der Waals surface area contributed by atoms with E-state index >= 15 is 0 Å². The quantitative estimate of drug-likeness (QED) is 0.448. The number of halogens is 2. The smallest absolute Gasteiger partial charge is 0.293 e. The normalized spacial score (nSPS) is 19.2. The average molecular weight is 497 g/mol. The molecule has 0 aromatic heterocycles. The SMILES string of the molecule is CC(c1ccc(F)cc1F)N1CCN(c2ccc(S(=O)(=O)N3CCOCC3)cc2[N+](=O)[O-])CC1. The highest BCUT2D eigenvalue weighted by Gasteiger charge is 2.31. The van der Waals surface area contributed by atoms with Crippen molar-refractivity contribution in [3.8, 4) is 0 Å². The molecule has 0 amide bonds. The highest BCUT2D eigenvalue weighted by atomic mass is 32.2. The summed E-state index contributed by atoms with van der Waals surface area (Å²) in [5.74, 6) is -1.24. The van der Waals surface area contributed by atoms with Gasteiger partial charge in [-0.3, -0.25) is 15.0 Å². The van der Waals surface area contributed by atoms with Crippen molar-refractivity contribution >= 4 is 21.4 Å². The molecule has 2 aliphatic heterocycles. The molecule has 2 heterocycles. The molecule has 2 aliphatic rings. The summed E-state index contributed by atoms with van der Waals surface area (Å²) in [6.07, 6.45) is 0. The van der Waals surface area contributed by atoms with Crippen molar-refractivity contribution in [2.24, 2.45) is 0 Å². The lowest BCUT2D eigenvalue weighted by atomic mass is 10.0. The molecule has 9 nitrogen and oxygen atoms in total. The standard InChI is InChI=1S/C22H26F2N4O5S/c1-16(19-4-2-17(23)14-20(19)24)25-6-8-26(9-7-25)21-5-3-18(15-22(21)28(29)30)34(31,32)27-10-12-33-13-11-27/h2-5,14-16H,6-13H2,1H3. The van der Waals surface area contributed by atoms with E-state index in [4.69, 9.17) is 4.74 Å². The third-order valence-electron chi connectivity index (χ3n) is 6.37. The van der Waals surface area contributed by atoms with Crippen molar-refractivity contribution in [1.29, 1.82) is 0 Å². The lowest BCUT2D eigenvalue weighted by Crippen LogP contribution is -2.47. The summed E-state index contributed by atoms with van der Waals surface area (Å²) in [6.45, 7) is 4.67. The molecule has 0 aliphatic carbocycles. The zero-order valence-electron chi connectivity index (χ0n) is 18.7. The number of rotatable bonds is 6. The van der Waals surface area contributed by atoms with Gasteiger partial charge in [0.2, 0.25) is 10.0 Å². The van der Waals surface area contributed by atoms with E-state index in [-0.39, 0.29) is 42.9 Å². The maximum Gasteiger partial charge on any atom is 0.293 e. The third-order valence-corrected chi connectivity index (χ3v) is 8.26. The summed E-state index contributed by atoms with van der Waals surface area (Å²) in [5.41, 5.74) is 0.449. The number of morpholine rings is 1. The molecule has 12 heteroatoms. The van der Waals surface area contributed by atoms with Gasteiger partial charge in [0.25, 0.3) is 5.69 Å². The van der Waals surface area contributed by atoms with Gasteiger partial charge in [0.1, 0.15) is 17.3 Å². The van der Waals surface area contributed by atoms with Crippen LogP contribution >= 0.6 is 0 Å². The van der Waals surface area contributed by atoms with Gasteiger partial charge in [-0.05, 0) is 25.1 Å². The number of anilines is 1. The molecule has 0 spiro atoms. The van der Waals surface area contributed by atoms with E-state index in [1.165, 1.54) is 28.6 Å². The van der Waals surface area contributed by atoms with Crippen LogP contribution in [0.5, 0.6) is 0 Å². The number of nitrogens with zero attached hydrogens (tertiary/aromatic N) is 4. The van der Waals surface area contributed by atoms with Crippen molar-refractivity contribution in [1.82, 2.24) is 9.21 Å². The van der Waals surface area contributed by atoms with Crippen LogP contribution in [0.2, 0.25) is 0 Å². The average Bonchev–Trinajstić information content (AvgIpc) is 2.84. The fourth-order valence-electron chi connectivity index (χ4n) is 4.40. The summed E-state index contributed by atoms with van der Waals surface area (Å²) < 4.78 is 59.7. The predicted molar refractivity (Wildman–Crippen MR) is 121 cm³/mol. The van der Waals surface area contributed by atoms with E-state index in [0.29, 0.717) is 37.4 Å². The molecule has 1 atom stereocenters. The van der Waals surface area contributed by atoms with Gasteiger partial charge >= 0.3 is 0 Å². The van der Waals surface area contributed by atoms with Crippen LogP contribution in [0.4, 0.5) is 20.2 Å². The number of ether oxygens (including phenoxy) is 1. The van der Waals surface area contributed by atoms with Crippen LogP contribution in [-0.2, 0) is 14.8 Å². The van der Waals surface area contributed by atoms with Crippen molar-refractivity contribution in [2.75, 3.05) is 57.4 Å². The van der Waals surface area contributed by atoms with Crippen molar-refractivity contribution < 1.29 is 26.9 Å². The molecule has 0 N–H and O–H groups in total. The minimum atomic E-state index is -3.86. The second-order valence-corrected chi connectivity index (χ2v) is 10.2. The zero-order chi connectivity index (χ0) is 24.5. The first-order valence-electron chi connectivity index (χ1n) is 11.0. The number of nitro groups is 1. The molecule has 184 valence electrons. The van der Waals surface area contributed by atoms with Crippen LogP contribution in [0.1, 0.15) is 18.5 Å². The van der Waals surface area contributed by atoms with Gasteiger partial charge in [-0.25, -0.2) is 17.2 Å². The van der Waals surface area contributed by atoms with Crippen LogP contribution < -0.4 is 4.90 Å². The molecule has 2 aromatic rings. The van der Waals surface area contributed by atoms with Crippen molar-refractivity contribution in [3.63, 3.8) is 0 Å². The highest BCUT2D eigenvalue weighted by Crippen LogP contribution is 2.34. The Hall–Kier alpha value is -2.67.